The Morgan fingerprint density at radius 2 is 1.74 bits per heavy atom. The summed E-state index contributed by atoms with van der Waals surface area (Å²) in [5, 5.41) is 3.17. The van der Waals surface area contributed by atoms with Crippen molar-refractivity contribution in [3.05, 3.63) is 77.4 Å². The molecule has 1 amide bonds. The molecule has 7 heteroatoms. The third kappa shape index (κ3) is 3.97. The fourth-order valence-electron chi connectivity index (χ4n) is 6.00. The van der Waals surface area contributed by atoms with Gasteiger partial charge in [0.25, 0.3) is 5.91 Å². The second-order valence-corrected chi connectivity index (χ2v) is 10.4. The first-order valence-corrected chi connectivity index (χ1v) is 12.9. The van der Waals surface area contributed by atoms with Crippen LogP contribution in [0.4, 0.5) is 8.78 Å². The predicted molar refractivity (Wildman–Crippen MR) is 140 cm³/mol. The van der Waals surface area contributed by atoms with Crippen LogP contribution in [0.2, 0.25) is 0 Å². The van der Waals surface area contributed by atoms with Crippen molar-refractivity contribution in [1.29, 1.82) is 0 Å². The maximum Gasteiger partial charge on any atom is 0.255 e. The zero-order chi connectivity index (χ0) is 26.6. The summed E-state index contributed by atoms with van der Waals surface area (Å²) in [6, 6.07) is 13.7. The summed E-state index contributed by atoms with van der Waals surface area (Å²) < 4.78 is 40.4. The molecule has 3 aromatic carbocycles. The van der Waals surface area contributed by atoms with Crippen LogP contribution in [0.5, 0.6) is 5.75 Å². The van der Waals surface area contributed by atoms with Crippen LogP contribution in [-0.4, -0.2) is 25.3 Å². The van der Waals surface area contributed by atoms with Gasteiger partial charge < -0.3 is 14.5 Å². The van der Waals surface area contributed by atoms with Crippen molar-refractivity contribution in [3.8, 4) is 28.2 Å². The summed E-state index contributed by atoms with van der Waals surface area (Å²) in [5.74, 6) is 0.0185. The molecule has 3 aliphatic rings. The molecule has 3 saturated carbocycles. The van der Waals surface area contributed by atoms with Gasteiger partial charge in [-0.05, 0) is 85.5 Å². The number of fused-ring (bicyclic) bond motifs is 1. The molecule has 194 valence electrons. The van der Waals surface area contributed by atoms with E-state index < -0.39 is 11.6 Å². The van der Waals surface area contributed by atoms with Gasteiger partial charge in [0, 0.05) is 36.0 Å². The first kappa shape index (κ1) is 24.3. The number of ether oxygens (including phenoxy) is 1. The maximum atomic E-state index is 14.8. The van der Waals surface area contributed by atoms with Gasteiger partial charge in [0.2, 0.25) is 0 Å². The number of ketones is 1. The Balaban J connectivity index is 1.48. The van der Waals surface area contributed by atoms with Crippen molar-refractivity contribution >= 4 is 22.7 Å². The number of nitrogens with one attached hydrogen (secondary N) is 1. The van der Waals surface area contributed by atoms with Gasteiger partial charge in [-0.25, -0.2) is 8.78 Å². The van der Waals surface area contributed by atoms with E-state index in [1.165, 1.54) is 25.2 Å². The SMILES string of the molecule is CCOc1cc2oc(-c3ccc(F)cc3)c(C(=O)NC)c2cc1-c1ccc(F)c(C(=O)CC23CC(C2)C3)c1. The number of hydrogen-bond acceptors (Lipinski definition) is 4. The first-order valence-electron chi connectivity index (χ1n) is 12.9. The Morgan fingerprint density at radius 3 is 2.37 bits per heavy atom. The van der Waals surface area contributed by atoms with E-state index in [1.807, 2.05) is 6.92 Å². The normalized spacial score (nSPS) is 19.5. The van der Waals surface area contributed by atoms with Crippen LogP contribution in [0, 0.1) is 23.0 Å². The Bertz CT molecular complexity index is 1570. The number of halogens is 2. The lowest BCUT2D eigenvalue weighted by Gasteiger charge is -2.62. The van der Waals surface area contributed by atoms with Crippen molar-refractivity contribution < 1.29 is 27.5 Å². The largest absolute Gasteiger partial charge is 0.493 e. The smallest absolute Gasteiger partial charge is 0.255 e. The van der Waals surface area contributed by atoms with E-state index in [1.54, 1.807) is 36.4 Å². The summed E-state index contributed by atoms with van der Waals surface area (Å²) in [4.78, 5) is 26.1. The second kappa shape index (κ2) is 9.08. The van der Waals surface area contributed by atoms with Crippen LogP contribution in [0.3, 0.4) is 0 Å². The van der Waals surface area contributed by atoms with Gasteiger partial charge >= 0.3 is 0 Å². The van der Waals surface area contributed by atoms with Crippen LogP contribution < -0.4 is 10.1 Å². The number of amides is 1. The molecular weight excluding hydrogens is 488 g/mol. The highest BCUT2D eigenvalue weighted by Crippen LogP contribution is 2.66. The number of hydrogen-bond donors (Lipinski definition) is 1. The van der Waals surface area contributed by atoms with E-state index >= 15 is 0 Å². The summed E-state index contributed by atoms with van der Waals surface area (Å²) in [6.07, 6.45) is 3.55. The minimum Gasteiger partial charge on any atom is -0.493 e. The number of furan rings is 1. The molecule has 1 heterocycles. The highest BCUT2D eigenvalue weighted by Gasteiger charge is 2.57. The molecule has 2 bridgehead atoms. The van der Waals surface area contributed by atoms with E-state index in [9.17, 15) is 18.4 Å². The van der Waals surface area contributed by atoms with Crippen LogP contribution in [0.25, 0.3) is 33.4 Å². The zero-order valence-electron chi connectivity index (χ0n) is 21.2. The number of carbonyl (C=O) groups excluding carboxylic acids is 2. The maximum absolute atomic E-state index is 14.8. The summed E-state index contributed by atoms with van der Waals surface area (Å²) >= 11 is 0. The van der Waals surface area contributed by atoms with Crippen molar-refractivity contribution in [3.63, 3.8) is 0 Å². The Kier molecular flexibility index (Phi) is 5.82. The van der Waals surface area contributed by atoms with Gasteiger partial charge in [-0.15, -0.1) is 0 Å². The third-order valence-electron chi connectivity index (χ3n) is 7.93. The molecule has 7 rings (SSSR count). The second-order valence-electron chi connectivity index (χ2n) is 10.4. The van der Waals surface area contributed by atoms with Crippen LogP contribution in [0.1, 0.15) is 53.3 Å². The Labute approximate surface area is 218 Å². The molecule has 1 N–H and O–H groups in total. The van der Waals surface area contributed by atoms with Crippen molar-refractivity contribution in [2.45, 2.75) is 32.6 Å². The lowest BCUT2D eigenvalue weighted by molar-refractivity contribution is -0.103. The van der Waals surface area contributed by atoms with Gasteiger partial charge in [-0.1, -0.05) is 6.07 Å². The van der Waals surface area contributed by atoms with Crippen LogP contribution in [-0.2, 0) is 0 Å². The van der Waals surface area contributed by atoms with Gasteiger partial charge in [0.1, 0.15) is 28.7 Å². The van der Waals surface area contributed by atoms with Crippen LogP contribution >= 0.6 is 0 Å². The van der Waals surface area contributed by atoms with Gasteiger partial charge in [-0.3, -0.25) is 9.59 Å². The van der Waals surface area contributed by atoms with Gasteiger partial charge in [0.05, 0.1) is 17.7 Å². The molecule has 0 aliphatic heterocycles. The van der Waals surface area contributed by atoms with E-state index in [0.29, 0.717) is 57.8 Å². The molecule has 3 aliphatic carbocycles. The lowest BCUT2D eigenvalue weighted by Crippen LogP contribution is -2.52. The molecule has 1 aromatic heterocycles. The first-order chi connectivity index (χ1) is 18.3. The molecule has 38 heavy (non-hydrogen) atoms. The Morgan fingerprint density at radius 1 is 1.03 bits per heavy atom. The van der Waals surface area contributed by atoms with E-state index in [4.69, 9.17) is 9.15 Å². The number of benzene rings is 3. The van der Waals surface area contributed by atoms with E-state index in [0.717, 1.165) is 25.2 Å². The van der Waals surface area contributed by atoms with E-state index in [2.05, 4.69) is 5.32 Å². The molecular formula is C31H27F2NO4. The minimum atomic E-state index is -0.544. The van der Waals surface area contributed by atoms with Crippen LogP contribution in [0.15, 0.2) is 59.0 Å². The Hall–Kier alpha value is -4.00. The highest BCUT2D eigenvalue weighted by molar-refractivity contribution is 6.12. The molecule has 3 fully saturated rings. The number of Topliss-reactive ketones (excluding diaryl/α,β-unsaturated/α-hetero) is 1. The molecule has 0 spiro atoms. The standard InChI is InChI=1S/C31H27F2NO4/c1-3-37-26-12-27-23(28(30(36)34-2)29(38-27)18-4-7-20(32)8-5-18)11-21(26)19-6-9-24(33)22(10-19)25(35)16-31-13-17(14-31)15-31/h4-12,17H,3,13-16H2,1-2H3,(H,34,36). The summed E-state index contributed by atoms with van der Waals surface area (Å²) in [5.41, 5.74) is 2.60. The molecule has 0 radical (unpaired) electrons. The zero-order valence-corrected chi connectivity index (χ0v) is 21.2. The number of rotatable bonds is 8. The quantitative estimate of drug-likeness (QED) is 0.253. The topological polar surface area (TPSA) is 68.5 Å². The monoisotopic (exact) mass is 515 g/mol. The number of carbonyl (C=O) groups is 2. The average Bonchev–Trinajstić information content (AvgIpc) is 3.23. The molecule has 0 atom stereocenters. The average molecular weight is 516 g/mol. The van der Waals surface area contributed by atoms with Crippen molar-refractivity contribution in [1.82, 2.24) is 5.32 Å². The summed E-state index contributed by atoms with van der Waals surface area (Å²) in [6.45, 7) is 2.21. The van der Waals surface area contributed by atoms with Gasteiger partial charge in [0.15, 0.2) is 5.78 Å². The third-order valence-corrected chi connectivity index (χ3v) is 7.93. The van der Waals surface area contributed by atoms with Gasteiger partial charge in [-0.2, -0.15) is 0 Å². The predicted octanol–water partition coefficient (Wildman–Crippen LogP) is 7.18. The minimum absolute atomic E-state index is 0.0650. The molecule has 4 aromatic rings. The molecule has 0 saturated heterocycles. The fraction of sp³-hybridized carbons (Fsp3) is 0.290. The summed E-state index contributed by atoms with van der Waals surface area (Å²) in [7, 11) is 1.52. The molecule has 0 unspecified atom stereocenters. The van der Waals surface area contributed by atoms with Crippen molar-refractivity contribution in [2.75, 3.05) is 13.7 Å². The van der Waals surface area contributed by atoms with Crippen molar-refractivity contribution in [2.24, 2.45) is 11.3 Å². The van der Waals surface area contributed by atoms with E-state index in [-0.39, 0.29) is 22.7 Å². The highest BCUT2D eigenvalue weighted by atomic mass is 19.1. The lowest BCUT2D eigenvalue weighted by atomic mass is 9.43. The fourth-order valence-corrected chi connectivity index (χ4v) is 6.00. The molecule has 5 nitrogen and oxygen atoms in total.